The number of hydroxylamine groups is 2. The van der Waals surface area contributed by atoms with Crippen molar-refractivity contribution in [3.05, 3.63) is 57.2 Å². The van der Waals surface area contributed by atoms with Crippen LogP contribution in [0, 0.1) is 0 Å². The Labute approximate surface area is 171 Å². The molecule has 2 atom stereocenters. The third-order valence-corrected chi connectivity index (χ3v) is 5.64. The number of rotatable bonds is 3. The van der Waals surface area contributed by atoms with Crippen LogP contribution in [-0.4, -0.2) is 46.7 Å². The molecule has 7 nitrogen and oxygen atoms in total. The predicted octanol–water partition coefficient (Wildman–Crippen LogP) is 3.24. The first-order valence-corrected chi connectivity index (χ1v) is 9.53. The van der Waals surface area contributed by atoms with Gasteiger partial charge in [-0.2, -0.15) is 5.06 Å². The number of aliphatic hydroxyl groups excluding tert-OH is 1. The summed E-state index contributed by atoms with van der Waals surface area (Å²) in [6.07, 6.45) is -0.403. The zero-order chi connectivity index (χ0) is 20.7. The summed E-state index contributed by atoms with van der Waals surface area (Å²) in [7, 11) is 1.52. The Morgan fingerprint density at radius 3 is 2.66 bits per heavy atom. The van der Waals surface area contributed by atoms with Crippen LogP contribution in [0.25, 0.3) is 22.3 Å². The standard InChI is InChI=1S/C21H20ClNO6/c1-28-23-7-6-12(17(27)10-23)19-14(24)8-15(25)20-16(26)9-18(29-21(19)20)11-4-2-3-5-13(11)22/h2-5,8-9,12,17,24-25,27H,6-7,10H2,1H3/t12-,17+/m0/s1. The average Bonchev–Trinajstić information content (AvgIpc) is 2.68. The molecule has 0 unspecified atom stereocenters. The highest BCUT2D eigenvalue weighted by molar-refractivity contribution is 6.33. The molecule has 1 aromatic heterocycles. The van der Waals surface area contributed by atoms with Crippen LogP contribution in [0.2, 0.25) is 5.02 Å². The lowest BCUT2D eigenvalue weighted by atomic mass is 9.85. The highest BCUT2D eigenvalue weighted by atomic mass is 35.5. The molecule has 3 N–H and O–H groups in total. The molecule has 0 aliphatic carbocycles. The quantitative estimate of drug-likeness (QED) is 0.601. The first-order valence-electron chi connectivity index (χ1n) is 9.15. The van der Waals surface area contributed by atoms with Gasteiger partial charge in [-0.3, -0.25) is 4.79 Å². The Balaban J connectivity index is 1.95. The molecule has 8 heteroatoms. The maximum absolute atomic E-state index is 12.8. The van der Waals surface area contributed by atoms with E-state index in [4.69, 9.17) is 20.9 Å². The topological polar surface area (TPSA) is 103 Å². The van der Waals surface area contributed by atoms with Gasteiger partial charge in [0.2, 0.25) is 0 Å². The van der Waals surface area contributed by atoms with E-state index < -0.39 is 17.5 Å². The Bertz CT molecular complexity index is 1130. The van der Waals surface area contributed by atoms with Gasteiger partial charge < -0.3 is 24.6 Å². The van der Waals surface area contributed by atoms with E-state index in [1.165, 1.54) is 13.2 Å². The maximum atomic E-state index is 12.8. The van der Waals surface area contributed by atoms with Crippen molar-refractivity contribution in [2.45, 2.75) is 18.4 Å². The van der Waals surface area contributed by atoms with Crippen molar-refractivity contribution in [2.75, 3.05) is 20.2 Å². The molecule has 0 saturated carbocycles. The number of nitrogens with zero attached hydrogens (tertiary/aromatic N) is 1. The van der Waals surface area contributed by atoms with Crippen molar-refractivity contribution >= 4 is 22.6 Å². The molecule has 0 spiro atoms. The third-order valence-electron chi connectivity index (χ3n) is 5.31. The Hall–Kier alpha value is -2.58. The second-order valence-electron chi connectivity index (χ2n) is 7.02. The fraction of sp³-hybridized carbons (Fsp3) is 0.286. The van der Waals surface area contributed by atoms with Crippen LogP contribution in [0.1, 0.15) is 17.9 Å². The number of fused-ring (bicyclic) bond motifs is 1. The summed E-state index contributed by atoms with van der Waals surface area (Å²) in [5, 5.41) is 33.5. The van der Waals surface area contributed by atoms with Crippen molar-refractivity contribution in [3.63, 3.8) is 0 Å². The first-order chi connectivity index (χ1) is 13.9. The van der Waals surface area contributed by atoms with Crippen LogP contribution in [0.15, 0.2) is 45.6 Å². The van der Waals surface area contributed by atoms with E-state index in [-0.39, 0.29) is 40.3 Å². The van der Waals surface area contributed by atoms with Crippen molar-refractivity contribution in [3.8, 4) is 22.8 Å². The van der Waals surface area contributed by atoms with Crippen molar-refractivity contribution in [1.29, 1.82) is 0 Å². The Kier molecular flexibility index (Phi) is 5.23. The van der Waals surface area contributed by atoms with Crippen LogP contribution >= 0.6 is 11.6 Å². The number of β-amino-alcohol motifs (C(OH)–C–C–N with tert-alkyl or cyclic N) is 1. The summed E-state index contributed by atoms with van der Waals surface area (Å²) in [5.41, 5.74) is 0.368. The van der Waals surface area contributed by atoms with Crippen LogP contribution in [0.4, 0.5) is 0 Å². The van der Waals surface area contributed by atoms with E-state index in [1.54, 1.807) is 29.3 Å². The van der Waals surface area contributed by atoms with Crippen molar-refractivity contribution in [1.82, 2.24) is 5.06 Å². The summed E-state index contributed by atoms with van der Waals surface area (Å²) >= 11 is 6.25. The van der Waals surface area contributed by atoms with Gasteiger partial charge in [0.25, 0.3) is 0 Å². The minimum absolute atomic E-state index is 0.0415. The second-order valence-corrected chi connectivity index (χ2v) is 7.43. The lowest BCUT2D eigenvalue weighted by Crippen LogP contribution is -2.42. The maximum Gasteiger partial charge on any atom is 0.197 e. The number of phenols is 2. The number of hydrogen-bond acceptors (Lipinski definition) is 7. The molecular weight excluding hydrogens is 398 g/mol. The normalized spacial score (nSPS) is 20.2. The van der Waals surface area contributed by atoms with Crippen LogP contribution < -0.4 is 5.43 Å². The lowest BCUT2D eigenvalue weighted by molar-refractivity contribution is -0.167. The molecule has 2 heterocycles. The third kappa shape index (κ3) is 3.47. The highest BCUT2D eigenvalue weighted by Crippen LogP contribution is 2.43. The van der Waals surface area contributed by atoms with Gasteiger partial charge in [-0.1, -0.05) is 23.7 Å². The summed E-state index contributed by atoms with van der Waals surface area (Å²) in [6, 6.07) is 9.27. The molecule has 0 radical (unpaired) electrons. The van der Waals surface area contributed by atoms with Gasteiger partial charge in [0, 0.05) is 35.7 Å². The molecule has 1 fully saturated rings. The van der Waals surface area contributed by atoms with Crippen LogP contribution in [0.5, 0.6) is 11.5 Å². The van der Waals surface area contributed by atoms with E-state index in [2.05, 4.69) is 0 Å². The number of aromatic hydroxyl groups is 2. The number of benzene rings is 2. The van der Waals surface area contributed by atoms with Crippen molar-refractivity contribution < 1.29 is 24.6 Å². The molecule has 2 aromatic carbocycles. The smallest absolute Gasteiger partial charge is 0.197 e. The van der Waals surface area contributed by atoms with E-state index in [9.17, 15) is 20.1 Å². The van der Waals surface area contributed by atoms with E-state index >= 15 is 0 Å². The first kappa shape index (κ1) is 19.7. The predicted molar refractivity (Wildman–Crippen MR) is 108 cm³/mol. The van der Waals surface area contributed by atoms with E-state index in [0.29, 0.717) is 23.6 Å². The van der Waals surface area contributed by atoms with Gasteiger partial charge in [0.05, 0.1) is 24.8 Å². The van der Waals surface area contributed by atoms with Gasteiger partial charge in [0.1, 0.15) is 28.2 Å². The molecule has 0 amide bonds. The fourth-order valence-corrected chi connectivity index (χ4v) is 4.11. The van der Waals surface area contributed by atoms with Crippen LogP contribution in [-0.2, 0) is 4.84 Å². The zero-order valence-corrected chi connectivity index (χ0v) is 16.4. The minimum atomic E-state index is -0.864. The SMILES string of the molecule is CON1CC[C@H](c2c(O)cc(O)c3c(=O)cc(-c4ccccc4Cl)oc23)[C@H](O)C1. The summed E-state index contributed by atoms with van der Waals surface area (Å²) in [4.78, 5) is 18.0. The lowest BCUT2D eigenvalue weighted by Gasteiger charge is -2.34. The zero-order valence-electron chi connectivity index (χ0n) is 15.6. The number of phenolic OH excluding ortho intramolecular Hbond substituents is 2. The number of piperidine rings is 1. The van der Waals surface area contributed by atoms with Gasteiger partial charge in [-0.05, 0) is 18.6 Å². The summed E-state index contributed by atoms with van der Waals surface area (Å²) in [6.45, 7) is 0.756. The molecule has 1 aliphatic heterocycles. The molecule has 0 bridgehead atoms. The highest BCUT2D eigenvalue weighted by Gasteiger charge is 2.34. The molecule has 1 saturated heterocycles. The van der Waals surface area contributed by atoms with Crippen LogP contribution in [0.3, 0.4) is 0 Å². The van der Waals surface area contributed by atoms with Gasteiger partial charge >= 0.3 is 0 Å². The fourth-order valence-electron chi connectivity index (χ4n) is 3.88. The van der Waals surface area contributed by atoms with Gasteiger partial charge in [0.15, 0.2) is 5.43 Å². The van der Waals surface area contributed by atoms with E-state index in [0.717, 1.165) is 6.07 Å². The average molecular weight is 418 g/mol. The Morgan fingerprint density at radius 1 is 1.21 bits per heavy atom. The molecule has 152 valence electrons. The second kappa shape index (κ2) is 7.68. The molecule has 1 aliphatic rings. The summed E-state index contributed by atoms with van der Waals surface area (Å²) < 4.78 is 6.00. The van der Waals surface area contributed by atoms with Gasteiger partial charge in [-0.15, -0.1) is 0 Å². The Morgan fingerprint density at radius 2 is 1.97 bits per heavy atom. The minimum Gasteiger partial charge on any atom is -0.507 e. The molecule has 29 heavy (non-hydrogen) atoms. The molecular formula is C21H20ClNO6. The molecule has 4 rings (SSSR count). The number of aliphatic hydroxyl groups is 1. The largest absolute Gasteiger partial charge is 0.507 e. The number of hydrogen-bond donors (Lipinski definition) is 3. The van der Waals surface area contributed by atoms with Crippen molar-refractivity contribution in [2.24, 2.45) is 0 Å². The number of halogens is 1. The van der Waals surface area contributed by atoms with Gasteiger partial charge in [-0.25, -0.2) is 0 Å². The summed E-state index contributed by atoms with van der Waals surface area (Å²) in [5.74, 6) is -0.925. The monoisotopic (exact) mass is 417 g/mol. The molecule has 3 aromatic rings. The van der Waals surface area contributed by atoms with E-state index in [1.807, 2.05) is 0 Å².